The Balaban J connectivity index is 1.48. The summed E-state index contributed by atoms with van der Waals surface area (Å²) in [4.78, 5) is 33.3. The van der Waals surface area contributed by atoms with E-state index in [9.17, 15) is 9.59 Å². The van der Waals surface area contributed by atoms with E-state index in [4.69, 9.17) is 9.47 Å². The molecular weight excluding hydrogens is 386 g/mol. The summed E-state index contributed by atoms with van der Waals surface area (Å²) in [6, 6.07) is 3.79. The smallest absolute Gasteiger partial charge is 0.252 e. The van der Waals surface area contributed by atoms with Crippen molar-refractivity contribution in [3.05, 3.63) is 48.0 Å². The predicted octanol–water partition coefficient (Wildman–Crippen LogP) is 0.750. The Morgan fingerprint density at radius 1 is 1.27 bits per heavy atom. The standard InChI is InChI=1S/C21H27N5O4/c1-24-10-17(9-23-24)11-25-12-18(30-15-16-4-6-22-7-5-16)13-26(14-20(25)27)21(28)19-3-2-8-29-19/h4-7,9-10,18-19H,2-3,8,11-15H2,1H3/t18-,19-/m0/s1. The van der Waals surface area contributed by atoms with Crippen LogP contribution < -0.4 is 0 Å². The van der Waals surface area contributed by atoms with Gasteiger partial charge >= 0.3 is 0 Å². The number of aromatic nitrogens is 3. The molecule has 2 aliphatic heterocycles. The maximum Gasteiger partial charge on any atom is 0.252 e. The number of ether oxygens (including phenoxy) is 2. The van der Waals surface area contributed by atoms with Crippen LogP contribution in [-0.4, -0.2) is 74.8 Å². The third-order valence-electron chi connectivity index (χ3n) is 5.41. The minimum absolute atomic E-state index is 0.0358. The summed E-state index contributed by atoms with van der Waals surface area (Å²) in [6.45, 7) is 2.22. The Bertz CT molecular complexity index is 865. The van der Waals surface area contributed by atoms with Gasteiger partial charge in [0.25, 0.3) is 5.91 Å². The van der Waals surface area contributed by atoms with Crippen LogP contribution in [0.2, 0.25) is 0 Å². The van der Waals surface area contributed by atoms with Crippen molar-refractivity contribution in [3.63, 3.8) is 0 Å². The van der Waals surface area contributed by atoms with Crippen LogP contribution in [0.3, 0.4) is 0 Å². The van der Waals surface area contributed by atoms with Crippen LogP contribution in [0.25, 0.3) is 0 Å². The van der Waals surface area contributed by atoms with Crippen LogP contribution in [0.5, 0.6) is 0 Å². The number of aryl methyl sites for hydroxylation is 1. The third-order valence-corrected chi connectivity index (χ3v) is 5.41. The van der Waals surface area contributed by atoms with Crippen LogP contribution in [-0.2, 0) is 39.3 Å². The van der Waals surface area contributed by atoms with Crippen LogP contribution in [0, 0.1) is 0 Å². The van der Waals surface area contributed by atoms with E-state index < -0.39 is 6.10 Å². The number of hydrogen-bond acceptors (Lipinski definition) is 6. The lowest BCUT2D eigenvalue weighted by Gasteiger charge is -2.26. The molecule has 4 rings (SSSR count). The monoisotopic (exact) mass is 413 g/mol. The number of pyridine rings is 1. The Hall–Kier alpha value is -2.78. The molecule has 2 atom stereocenters. The first-order chi connectivity index (χ1) is 14.6. The van der Waals surface area contributed by atoms with Crippen LogP contribution in [0.4, 0.5) is 0 Å². The molecule has 2 aromatic rings. The molecule has 0 aliphatic carbocycles. The van der Waals surface area contributed by atoms with Crippen molar-refractivity contribution in [1.82, 2.24) is 24.6 Å². The largest absolute Gasteiger partial charge is 0.370 e. The second-order valence-corrected chi connectivity index (χ2v) is 7.81. The highest BCUT2D eigenvalue weighted by atomic mass is 16.5. The maximum absolute atomic E-state index is 13.0. The number of amides is 2. The number of carbonyl (C=O) groups is 2. The Morgan fingerprint density at radius 2 is 2.10 bits per heavy atom. The van der Waals surface area contributed by atoms with E-state index in [-0.39, 0.29) is 24.5 Å². The SMILES string of the molecule is Cn1cc(CN2C[C@H](OCc3ccncc3)CN(C(=O)[C@@H]3CCCO3)CC2=O)cn1. The molecule has 0 aromatic carbocycles. The second-order valence-electron chi connectivity index (χ2n) is 7.81. The zero-order chi connectivity index (χ0) is 20.9. The van der Waals surface area contributed by atoms with Crippen LogP contribution >= 0.6 is 0 Å². The molecule has 0 N–H and O–H groups in total. The van der Waals surface area contributed by atoms with Crippen LogP contribution in [0.15, 0.2) is 36.9 Å². The topological polar surface area (TPSA) is 89.8 Å². The first-order valence-corrected chi connectivity index (χ1v) is 10.2. The highest BCUT2D eigenvalue weighted by molar-refractivity contribution is 5.87. The summed E-state index contributed by atoms with van der Waals surface area (Å²) in [5.74, 6) is -0.221. The molecule has 0 spiro atoms. The van der Waals surface area contributed by atoms with Crippen molar-refractivity contribution >= 4 is 11.8 Å². The van der Waals surface area contributed by atoms with Crippen molar-refractivity contribution in [2.45, 2.75) is 38.2 Å². The Kier molecular flexibility index (Phi) is 6.39. The van der Waals surface area contributed by atoms with Crippen LogP contribution in [0.1, 0.15) is 24.0 Å². The Morgan fingerprint density at radius 3 is 2.80 bits per heavy atom. The van der Waals surface area contributed by atoms with Gasteiger partial charge in [-0.2, -0.15) is 5.10 Å². The molecule has 9 nitrogen and oxygen atoms in total. The first kappa shape index (κ1) is 20.5. The van der Waals surface area contributed by atoms with Gasteiger partial charge in [0.1, 0.15) is 6.10 Å². The fourth-order valence-corrected chi connectivity index (χ4v) is 3.85. The molecule has 0 bridgehead atoms. The van der Waals surface area contributed by atoms with Crippen molar-refractivity contribution in [2.24, 2.45) is 7.05 Å². The number of hydrogen-bond donors (Lipinski definition) is 0. The molecule has 2 fully saturated rings. The predicted molar refractivity (Wildman–Crippen MR) is 107 cm³/mol. The van der Waals surface area contributed by atoms with E-state index in [1.165, 1.54) is 0 Å². The molecular formula is C21H27N5O4. The average Bonchev–Trinajstić information content (AvgIpc) is 3.40. The summed E-state index contributed by atoms with van der Waals surface area (Å²) in [7, 11) is 1.84. The quantitative estimate of drug-likeness (QED) is 0.694. The highest BCUT2D eigenvalue weighted by Crippen LogP contribution is 2.19. The number of carbonyl (C=O) groups excluding carboxylic acids is 2. The lowest BCUT2D eigenvalue weighted by Crippen LogP contribution is -2.44. The van der Waals surface area contributed by atoms with E-state index in [1.807, 2.05) is 25.4 Å². The molecule has 2 amide bonds. The minimum atomic E-state index is -0.455. The van der Waals surface area contributed by atoms with Gasteiger partial charge < -0.3 is 19.3 Å². The van der Waals surface area contributed by atoms with E-state index in [2.05, 4.69) is 10.1 Å². The van der Waals surface area contributed by atoms with E-state index in [0.717, 1.165) is 17.5 Å². The fraction of sp³-hybridized carbons (Fsp3) is 0.524. The lowest BCUT2D eigenvalue weighted by atomic mass is 10.2. The summed E-state index contributed by atoms with van der Waals surface area (Å²) in [5, 5.41) is 4.18. The molecule has 2 aliphatic rings. The van der Waals surface area contributed by atoms with E-state index in [1.54, 1.807) is 33.1 Å². The fourth-order valence-electron chi connectivity index (χ4n) is 3.85. The second kappa shape index (κ2) is 9.36. The third kappa shape index (κ3) is 5.03. The molecule has 30 heavy (non-hydrogen) atoms. The Labute approximate surface area is 175 Å². The highest BCUT2D eigenvalue weighted by Gasteiger charge is 2.35. The maximum atomic E-state index is 13.0. The van der Waals surface area contributed by atoms with Gasteiger partial charge in [-0.1, -0.05) is 0 Å². The summed E-state index contributed by atoms with van der Waals surface area (Å²) in [6.07, 6.45) is 7.89. The summed E-state index contributed by atoms with van der Waals surface area (Å²) >= 11 is 0. The molecule has 0 radical (unpaired) electrons. The van der Waals surface area contributed by atoms with Gasteiger partial charge in [-0.3, -0.25) is 19.3 Å². The molecule has 0 saturated carbocycles. The molecule has 0 unspecified atom stereocenters. The molecule has 2 aromatic heterocycles. The lowest BCUT2D eigenvalue weighted by molar-refractivity contribution is -0.145. The van der Waals surface area contributed by atoms with Gasteiger partial charge in [0, 0.05) is 57.4 Å². The minimum Gasteiger partial charge on any atom is -0.370 e. The molecule has 9 heteroatoms. The zero-order valence-electron chi connectivity index (χ0n) is 17.1. The normalized spacial score (nSPS) is 22.4. The van der Waals surface area contributed by atoms with Gasteiger partial charge in [-0.25, -0.2) is 0 Å². The molecule has 4 heterocycles. The molecule has 2 saturated heterocycles. The van der Waals surface area contributed by atoms with Crippen molar-refractivity contribution in [1.29, 1.82) is 0 Å². The zero-order valence-corrected chi connectivity index (χ0v) is 17.1. The van der Waals surface area contributed by atoms with Crippen molar-refractivity contribution in [2.75, 3.05) is 26.2 Å². The van der Waals surface area contributed by atoms with E-state index >= 15 is 0 Å². The molecule has 160 valence electrons. The average molecular weight is 413 g/mol. The van der Waals surface area contributed by atoms with Crippen molar-refractivity contribution in [3.8, 4) is 0 Å². The first-order valence-electron chi connectivity index (χ1n) is 10.2. The van der Waals surface area contributed by atoms with Gasteiger partial charge in [-0.05, 0) is 30.5 Å². The van der Waals surface area contributed by atoms with Gasteiger partial charge in [-0.15, -0.1) is 0 Å². The summed E-state index contributed by atoms with van der Waals surface area (Å²) < 4.78 is 13.4. The number of nitrogens with zero attached hydrogens (tertiary/aromatic N) is 5. The number of rotatable bonds is 6. The van der Waals surface area contributed by atoms with Crippen molar-refractivity contribution < 1.29 is 19.1 Å². The van der Waals surface area contributed by atoms with Gasteiger partial charge in [0.05, 0.1) is 25.5 Å². The van der Waals surface area contributed by atoms with Gasteiger partial charge in [0.15, 0.2) is 0 Å². The summed E-state index contributed by atoms with van der Waals surface area (Å²) in [5.41, 5.74) is 1.94. The van der Waals surface area contributed by atoms with Gasteiger partial charge in [0.2, 0.25) is 5.91 Å². The van der Waals surface area contributed by atoms with E-state index in [0.29, 0.717) is 39.3 Å².